The minimum absolute atomic E-state index is 0.00238. The lowest BCUT2D eigenvalue weighted by Crippen LogP contribution is -2.41. The Labute approximate surface area is 163 Å². The Hall–Kier alpha value is -1.65. The molecule has 1 aliphatic carbocycles. The van der Waals surface area contributed by atoms with Crippen LogP contribution in [0, 0.1) is 0 Å². The Kier molecular flexibility index (Phi) is 4.66. The fraction of sp³-hybridized carbons (Fsp3) is 0.409. The van der Waals surface area contributed by atoms with E-state index >= 15 is 0 Å². The summed E-state index contributed by atoms with van der Waals surface area (Å²) in [4.78, 5) is 14.9. The van der Waals surface area contributed by atoms with Gasteiger partial charge in [-0.2, -0.15) is 0 Å². The van der Waals surface area contributed by atoms with Crippen LogP contribution in [0.2, 0.25) is 0 Å². The Morgan fingerprint density at radius 3 is 2.58 bits per heavy atom. The summed E-state index contributed by atoms with van der Waals surface area (Å²) in [6.07, 6.45) is 4.48. The maximum absolute atomic E-state index is 13.1. The van der Waals surface area contributed by atoms with Gasteiger partial charge in [-0.05, 0) is 72.1 Å². The van der Waals surface area contributed by atoms with Crippen LogP contribution >= 0.6 is 15.9 Å². The van der Waals surface area contributed by atoms with Gasteiger partial charge in [0.15, 0.2) is 0 Å². The lowest BCUT2D eigenvalue weighted by atomic mass is 9.91. The third-order valence-corrected chi connectivity index (χ3v) is 6.67. The number of nitrogens with zero attached hydrogens (tertiary/aromatic N) is 1. The number of fused-ring (bicyclic) bond motifs is 1. The van der Waals surface area contributed by atoms with Crippen LogP contribution in [-0.2, 0) is 11.8 Å². The summed E-state index contributed by atoms with van der Waals surface area (Å²) in [6.45, 7) is 2.81. The normalized spacial score (nSPS) is 20.6. The summed E-state index contributed by atoms with van der Waals surface area (Å²) in [5, 5.41) is 9.98. The first-order valence-electron chi connectivity index (χ1n) is 9.39. The molecule has 0 saturated heterocycles. The largest absolute Gasteiger partial charge is 0.394 e. The van der Waals surface area contributed by atoms with Crippen molar-refractivity contribution >= 4 is 21.8 Å². The number of carbonyl (C=O) groups excluding carboxylic acids is 1. The van der Waals surface area contributed by atoms with Crippen LogP contribution in [0.4, 0.5) is 0 Å². The Balaban J connectivity index is 1.60. The van der Waals surface area contributed by atoms with Gasteiger partial charge in [0, 0.05) is 16.6 Å². The van der Waals surface area contributed by atoms with Gasteiger partial charge < -0.3 is 10.0 Å². The highest BCUT2D eigenvalue weighted by molar-refractivity contribution is 9.10. The lowest BCUT2D eigenvalue weighted by molar-refractivity contribution is 0.0568. The predicted molar refractivity (Wildman–Crippen MR) is 106 cm³/mol. The van der Waals surface area contributed by atoms with Crippen LogP contribution in [0.15, 0.2) is 46.9 Å². The molecule has 136 valence electrons. The fourth-order valence-corrected chi connectivity index (χ4v) is 4.62. The van der Waals surface area contributed by atoms with E-state index in [1.807, 2.05) is 29.2 Å². The second-order valence-electron chi connectivity index (χ2n) is 7.50. The molecular formula is C22H24BrNO2. The molecule has 0 aromatic heterocycles. The highest BCUT2D eigenvalue weighted by atomic mass is 79.9. The van der Waals surface area contributed by atoms with Crippen LogP contribution in [0.1, 0.15) is 59.3 Å². The van der Waals surface area contributed by atoms with Crippen molar-refractivity contribution in [1.82, 2.24) is 4.90 Å². The van der Waals surface area contributed by atoms with Gasteiger partial charge in [-0.25, -0.2) is 0 Å². The van der Waals surface area contributed by atoms with Gasteiger partial charge in [0.05, 0.1) is 12.6 Å². The average molecular weight is 414 g/mol. The van der Waals surface area contributed by atoms with E-state index in [0.717, 1.165) is 22.9 Å². The van der Waals surface area contributed by atoms with Gasteiger partial charge in [0.2, 0.25) is 0 Å². The number of benzene rings is 2. The highest BCUT2D eigenvalue weighted by Gasteiger charge is 2.42. The van der Waals surface area contributed by atoms with E-state index in [-0.39, 0.29) is 18.6 Å². The molecule has 2 aliphatic rings. The molecule has 2 aromatic rings. The van der Waals surface area contributed by atoms with E-state index in [1.54, 1.807) is 0 Å². The van der Waals surface area contributed by atoms with Crippen LogP contribution in [0.5, 0.6) is 0 Å². The van der Waals surface area contributed by atoms with Crippen molar-refractivity contribution in [3.05, 3.63) is 69.2 Å². The van der Waals surface area contributed by atoms with Crippen molar-refractivity contribution in [2.24, 2.45) is 0 Å². The zero-order valence-corrected chi connectivity index (χ0v) is 16.6. The van der Waals surface area contributed by atoms with Gasteiger partial charge in [0.25, 0.3) is 5.91 Å². The van der Waals surface area contributed by atoms with E-state index in [9.17, 15) is 9.90 Å². The van der Waals surface area contributed by atoms with Gasteiger partial charge in [-0.1, -0.05) is 41.1 Å². The third-order valence-electron chi connectivity index (χ3n) is 6.17. The van der Waals surface area contributed by atoms with Gasteiger partial charge in [-0.15, -0.1) is 0 Å². The van der Waals surface area contributed by atoms with Crippen molar-refractivity contribution in [2.75, 3.05) is 13.2 Å². The number of aliphatic hydroxyl groups excluding tert-OH is 1. The Morgan fingerprint density at radius 1 is 1.23 bits per heavy atom. The zero-order valence-electron chi connectivity index (χ0n) is 15.0. The highest BCUT2D eigenvalue weighted by Crippen LogP contribution is 2.50. The molecule has 1 N–H and O–H groups in total. The van der Waals surface area contributed by atoms with Crippen molar-refractivity contribution in [2.45, 2.75) is 44.1 Å². The summed E-state index contributed by atoms with van der Waals surface area (Å²) in [7, 11) is 0. The van der Waals surface area contributed by atoms with Crippen molar-refractivity contribution < 1.29 is 9.90 Å². The van der Waals surface area contributed by atoms with E-state index in [1.165, 1.54) is 24.0 Å². The average Bonchev–Trinajstić information content (AvgIpc) is 3.48. The van der Waals surface area contributed by atoms with Gasteiger partial charge >= 0.3 is 0 Å². The molecule has 1 unspecified atom stereocenters. The van der Waals surface area contributed by atoms with Gasteiger partial charge in [-0.3, -0.25) is 4.79 Å². The molecule has 2 aromatic carbocycles. The number of hydrogen-bond donors (Lipinski definition) is 1. The van der Waals surface area contributed by atoms with E-state index in [0.29, 0.717) is 17.5 Å². The molecule has 1 aliphatic heterocycles. The number of amides is 1. The van der Waals surface area contributed by atoms with Crippen LogP contribution < -0.4 is 0 Å². The zero-order chi connectivity index (χ0) is 18.3. The molecule has 0 spiro atoms. The van der Waals surface area contributed by atoms with Crippen LogP contribution in [0.3, 0.4) is 0 Å². The molecule has 4 rings (SSSR count). The SMILES string of the molecule is CCC1(c2ccc(C(=O)N3CCc4ccc(Br)cc4C3CO)cc2)CC1. The number of hydrogen-bond acceptors (Lipinski definition) is 2. The number of carbonyl (C=O) groups is 1. The molecule has 1 saturated carbocycles. The summed E-state index contributed by atoms with van der Waals surface area (Å²) in [6, 6.07) is 14.0. The summed E-state index contributed by atoms with van der Waals surface area (Å²) >= 11 is 3.50. The first-order chi connectivity index (χ1) is 12.6. The second kappa shape index (κ2) is 6.82. The van der Waals surface area contributed by atoms with E-state index in [2.05, 4.69) is 41.1 Å². The molecule has 26 heavy (non-hydrogen) atoms. The number of halogens is 1. The van der Waals surface area contributed by atoms with Crippen molar-refractivity contribution in [3.63, 3.8) is 0 Å². The molecule has 1 heterocycles. The number of aliphatic hydroxyl groups is 1. The Morgan fingerprint density at radius 2 is 1.96 bits per heavy atom. The molecular weight excluding hydrogens is 390 g/mol. The topological polar surface area (TPSA) is 40.5 Å². The Bertz CT molecular complexity index is 827. The molecule has 1 atom stereocenters. The van der Waals surface area contributed by atoms with E-state index in [4.69, 9.17) is 0 Å². The van der Waals surface area contributed by atoms with Crippen molar-refractivity contribution in [3.8, 4) is 0 Å². The third kappa shape index (κ3) is 2.99. The van der Waals surface area contributed by atoms with E-state index < -0.39 is 0 Å². The standard InChI is InChI=1S/C22H24BrNO2/c1-2-22(10-11-22)17-6-3-16(4-7-17)21(26)24-12-9-15-5-8-18(23)13-19(15)20(24)14-25/h3-8,13,20,25H,2,9-12,14H2,1H3. The van der Waals surface area contributed by atoms with Crippen LogP contribution in [-0.4, -0.2) is 29.1 Å². The maximum atomic E-state index is 13.1. The number of rotatable bonds is 4. The quantitative estimate of drug-likeness (QED) is 0.793. The predicted octanol–water partition coefficient (Wildman–Crippen LogP) is 4.62. The minimum atomic E-state index is -0.283. The smallest absolute Gasteiger partial charge is 0.254 e. The van der Waals surface area contributed by atoms with Crippen molar-refractivity contribution in [1.29, 1.82) is 0 Å². The summed E-state index contributed by atoms with van der Waals surface area (Å²) < 4.78 is 0.975. The summed E-state index contributed by atoms with van der Waals surface area (Å²) in [5.41, 5.74) is 4.66. The lowest BCUT2D eigenvalue weighted by Gasteiger charge is -2.36. The minimum Gasteiger partial charge on any atom is -0.394 e. The molecule has 0 radical (unpaired) electrons. The van der Waals surface area contributed by atoms with Crippen LogP contribution in [0.25, 0.3) is 0 Å². The monoisotopic (exact) mass is 413 g/mol. The molecule has 3 nitrogen and oxygen atoms in total. The first-order valence-corrected chi connectivity index (χ1v) is 10.2. The first kappa shape index (κ1) is 17.7. The molecule has 1 amide bonds. The summed E-state index contributed by atoms with van der Waals surface area (Å²) in [5.74, 6) is 0.00238. The second-order valence-corrected chi connectivity index (χ2v) is 8.42. The maximum Gasteiger partial charge on any atom is 0.254 e. The molecule has 4 heteroatoms. The molecule has 1 fully saturated rings. The molecule has 0 bridgehead atoms. The fourth-order valence-electron chi connectivity index (χ4n) is 4.24. The van der Waals surface area contributed by atoms with Gasteiger partial charge in [0.1, 0.15) is 0 Å².